The molecule has 0 bridgehead atoms. The lowest BCUT2D eigenvalue weighted by atomic mass is 9.97. The zero-order valence-corrected chi connectivity index (χ0v) is 17.3. The van der Waals surface area contributed by atoms with Crippen molar-refractivity contribution in [2.75, 3.05) is 13.1 Å². The third kappa shape index (κ3) is 7.41. The average Bonchev–Trinajstić information content (AvgIpc) is 2.74. The smallest absolute Gasteiger partial charge is 0.244 e. The Hall–Kier alpha value is -2.24. The van der Waals surface area contributed by atoms with E-state index in [4.69, 9.17) is 0 Å². The molecule has 1 aliphatic heterocycles. The van der Waals surface area contributed by atoms with Crippen molar-refractivity contribution in [3.05, 3.63) is 30.1 Å². The highest BCUT2D eigenvalue weighted by Crippen LogP contribution is 2.18. The fourth-order valence-electron chi connectivity index (χ4n) is 3.50. The van der Waals surface area contributed by atoms with E-state index in [2.05, 4.69) is 22.4 Å². The Balaban J connectivity index is 1.75. The summed E-state index contributed by atoms with van der Waals surface area (Å²) in [6.45, 7) is 5.31. The van der Waals surface area contributed by atoms with Crippen LogP contribution in [0.15, 0.2) is 29.6 Å². The standard InChI is InChI=1S/C22H34N4O2/c1-3-4-5-6-7-8-13-21(27)26-15-10-12-20(17-26)22(28)25-24-18(2)19-11-9-14-23-16-19/h9,11,14,16,20H,3-8,10,12-13,15,17H2,1-2H3,(H,25,28)/b24-18+/t20-/m1/s1. The van der Waals surface area contributed by atoms with E-state index in [9.17, 15) is 9.59 Å². The van der Waals surface area contributed by atoms with Crippen LogP contribution in [0.5, 0.6) is 0 Å². The van der Waals surface area contributed by atoms with Gasteiger partial charge in [0.15, 0.2) is 0 Å². The number of pyridine rings is 1. The lowest BCUT2D eigenvalue weighted by Gasteiger charge is -2.31. The van der Waals surface area contributed by atoms with Crippen LogP contribution in [0, 0.1) is 5.92 Å². The predicted molar refractivity (Wildman–Crippen MR) is 112 cm³/mol. The van der Waals surface area contributed by atoms with E-state index in [0.29, 0.717) is 18.7 Å². The molecule has 0 aliphatic carbocycles. The quantitative estimate of drug-likeness (QED) is 0.376. The van der Waals surface area contributed by atoms with E-state index in [1.165, 1.54) is 25.7 Å². The van der Waals surface area contributed by atoms with Crippen LogP contribution in [0.1, 0.15) is 77.2 Å². The minimum atomic E-state index is -0.187. The van der Waals surface area contributed by atoms with Crippen LogP contribution in [0.3, 0.4) is 0 Å². The molecule has 6 heteroatoms. The summed E-state index contributed by atoms with van der Waals surface area (Å²) in [5, 5.41) is 4.20. The predicted octanol–water partition coefficient (Wildman–Crippen LogP) is 3.91. The Morgan fingerprint density at radius 1 is 1.25 bits per heavy atom. The lowest BCUT2D eigenvalue weighted by Crippen LogP contribution is -2.44. The van der Waals surface area contributed by atoms with Crippen LogP contribution in [0.2, 0.25) is 0 Å². The number of amides is 2. The maximum absolute atomic E-state index is 12.5. The monoisotopic (exact) mass is 386 g/mol. The van der Waals surface area contributed by atoms with Crippen molar-refractivity contribution in [3.63, 3.8) is 0 Å². The van der Waals surface area contributed by atoms with E-state index >= 15 is 0 Å². The van der Waals surface area contributed by atoms with Crippen LogP contribution in [0.4, 0.5) is 0 Å². The number of unbranched alkanes of at least 4 members (excludes halogenated alkanes) is 5. The second-order valence-corrected chi connectivity index (χ2v) is 7.61. The van der Waals surface area contributed by atoms with Gasteiger partial charge in [0.1, 0.15) is 0 Å². The normalized spacial score (nSPS) is 17.4. The summed E-state index contributed by atoms with van der Waals surface area (Å²) in [6, 6.07) is 3.74. The van der Waals surface area contributed by atoms with Gasteiger partial charge in [-0.3, -0.25) is 14.6 Å². The number of hydrazone groups is 1. The summed E-state index contributed by atoms with van der Waals surface area (Å²) in [5.74, 6) is -0.115. The first kappa shape index (κ1) is 22.1. The molecule has 0 unspecified atom stereocenters. The number of hydrogen-bond acceptors (Lipinski definition) is 4. The van der Waals surface area contributed by atoms with Gasteiger partial charge >= 0.3 is 0 Å². The summed E-state index contributed by atoms with van der Waals surface area (Å²) in [4.78, 5) is 30.9. The molecular formula is C22H34N4O2. The summed E-state index contributed by atoms with van der Waals surface area (Å²) >= 11 is 0. The summed E-state index contributed by atoms with van der Waals surface area (Å²) in [5.41, 5.74) is 4.26. The van der Waals surface area contributed by atoms with Crippen LogP contribution < -0.4 is 5.43 Å². The summed E-state index contributed by atoms with van der Waals surface area (Å²) in [7, 11) is 0. The van der Waals surface area contributed by atoms with Gasteiger partial charge in [-0.25, -0.2) is 5.43 Å². The van der Waals surface area contributed by atoms with Crippen molar-refractivity contribution in [2.24, 2.45) is 11.0 Å². The second kappa shape index (κ2) is 12.3. The van der Waals surface area contributed by atoms with Crippen molar-refractivity contribution in [1.82, 2.24) is 15.3 Å². The highest BCUT2D eigenvalue weighted by atomic mass is 16.2. The molecule has 1 N–H and O–H groups in total. The molecule has 1 saturated heterocycles. The van der Waals surface area contributed by atoms with Crippen LogP contribution >= 0.6 is 0 Å². The number of carbonyl (C=O) groups excluding carboxylic acids is 2. The molecule has 1 aromatic rings. The Labute approximate surface area is 168 Å². The number of piperidine rings is 1. The fraction of sp³-hybridized carbons (Fsp3) is 0.636. The molecule has 154 valence electrons. The van der Waals surface area contributed by atoms with Gasteiger partial charge in [-0.1, -0.05) is 45.1 Å². The average molecular weight is 387 g/mol. The molecule has 0 spiro atoms. The van der Waals surface area contributed by atoms with Gasteiger partial charge in [-0.05, 0) is 32.3 Å². The zero-order chi connectivity index (χ0) is 20.2. The van der Waals surface area contributed by atoms with E-state index in [-0.39, 0.29) is 17.7 Å². The number of aromatic nitrogens is 1. The van der Waals surface area contributed by atoms with E-state index in [1.54, 1.807) is 12.4 Å². The molecule has 1 atom stereocenters. The van der Waals surface area contributed by atoms with Crippen molar-refractivity contribution in [2.45, 2.75) is 71.6 Å². The Kier molecular flexibility index (Phi) is 9.66. The number of hydrogen-bond donors (Lipinski definition) is 1. The number of carbonyl (C=O) groups is 2. The molecule has 0 radical (unpaired) electrons. The minimum Gasteiger partial charge on any atom is -0.342 e. The number of nitrogens with zero attached hydrogens (tertiary/aromatic N) is 3. The topological polar surface area (TPSA) is 74.7 Å². The molecule has 6 nitrogen and oxygen atoms in total. The third-order valence-corrected chi connectivity index (χ3v) is 5.30. The van der Waals surface area contributed by atoms with Gasteiger partial charge in [0.05, 0.1) is 11.6 Å². The van der Waals surface area contributed by atoms with Crippen molar-refractivity contribution in [3.8, 4) is 0 Å². The number of rotatable bonds is 10. The minimum absolute atomic E-state index is 0.111. The van der Waals surface area contributed by atoms with Crippen LogP contribution in [0.25, 0.3) is 0 Å². The number of nitrogens with one attached hydrogen (secondary N) is 1. The van der Waals surface area contributed by atoms with Crippen molar-refractivity contribution >= 4 is 17.5 Å². The maximum Gasteiger partial charge on any atom is 0.244 e. The van der Waals surface area contributed by atoms with E-state index in [1.807, 2.05) is 24.0 Å². The molecule has 0 aromatic carbocycles. The van der Waals surface area contributed by atoms with E-state index < -0.39 is 0 Å². The maximum atomic E-state index is 12.5. The third-order valence-electron chi connectivity index (χ3n) is 5.30. The molecule has 0 saturated carbocycles. The summed E-state index contributed by atoms with van der Waals surface area (Å²) < 4.78 is 0. The first-order chi connectivity index (χ1) is 13.6. The largest absolute Gasteiger partial charge is 0.342 e. The van der Waals surface area contributed by atoms with Crippen molar-refractivity contribution < 1.29 is 9.59 Å². The van der Waals surface area contributed by atoms with Gasteiger partial charge in [-0.15, -0.1) is 0 Å². The molecule has 28 heavy (non-hydrogen) atoms. The van der Waals surface area contributed by atoms with Gasteiger partial charge in [0.2, 0.25) is 11.8 Å². The molecule has 1 aromatic heterocycles. The van der Waals surface area contributed by atoms with Gasteiger partial charge in [0, 0.05) is 37.5 Å². The summed E-state index contributed by atoms with van der Waals surface area (Å²) in [6.07, 6.45) is 12.7. The second-order valence-electron chi connectivity index (χ2n) is 7.61. The molecule has 2 rings (SSSR count). The molecule has 2 amide bonds. The Morgan fingerprint density at radius 2 is 2.04 bits per heavy atom. The fourth-order valence-corrected chi connectivity index (χ4v) is 3.50. The lowest BCUT2D eigenvalue weighted by molar-refractivity contribution is -0.135. The highest BCUT2D eigenvalue weighted by molar-refractivity contribution is 5.99. The first-order valence-electron chi connectivity index (χ1n) is 10.6. The number of likely N-dealkylation sites (tertiary alicyclic amines) is 1. The molecule has 2 heterocycles. The molecule has 1 fully saturated rings. The SMILES string of the molecule is CCCCCCCCC(=O)N1CCC[C@@H](C(=O)N/N=C(\C)c2cccnc2)C1. The zero-order valence-electron chi connectivity index (χ0n) is 17.3. The van der Waals surface area contributed by atoms with Crippen LogP contribution in [-0.4, -0.2) is 40.5 Å². The van der Waals surface area contributed by atoms with E-state index in [0.717, 1.165) is 37.8 Å². The Morgan fingerprint density at radius 3 is 2.79 bits per heavy atom. The molecule has 1 aliphatic rings. The van der Waals surface area contributed by atoms with Gasteiger partial charge in [0.25, 0.3) is 0 Å². The van der Waals surface area contributed by atoms with Gasteiger partial charge < -0.3 is 4.90 Å². The van der Waals surface area contributed by atoms with Gasteiger partial charge in [-0.2, -0.15) is 5.10 Å². The van der Waals surface area contributed by atoms with Crippen molar-refractivity contribution in [1.29, 1.82) is 0 Å². The van der Waals surface area contributed by atoms with Crippen LogP contribution in [-0.2, 0) is 9.59 Å². The highest BCUT2D eigenvalue weighted by Gasteiger charge is 2.28. The Bertz CT molecular complexity index is 645. The first-order valence-corrected chi connectivity index (χ1v) is 10.6. The molecular weight excluding hydrogens is 352 g/mol.